The maximum absolute atomic E-state index is 14.1. The lowest BCUT2D eigenvalue weighted by molar-refractivity contribution is -0.133. The lowest BCUT2D eigenvalue weighted by Gasteiger charge is -2.22. The number of nitrogens with one attached hydrogen (secondary N) is 2. The van der Waals surface area contributed by atoms with Gasteiger partial charge in [0.05, 0.1) is 0 Å². The van der Waals surface area contributed by atoms with Crippen molar-refractivity contribution >= 4 is 23.5 Å². The van der Waals surface area contributed by atoms with Crippen LogP contribution in [0, 0.1) is 5.82 Å². The molecule has 2 aromatic rings. The van der Waals surface area contributed by atoms with Gasteiger partial charge in [-0.15, -0.1) is 0 Å². The lowest BCUT2D eigenvalue weighted by atomic mass is 9.91. The highest BCUT2D eigenvalue weighted by atomic mass is 19.1. The van der Waals surface area contributed by atoms with Crippen molar-refractivity contribution in [1.82, 2.24) is 10.2 Å². The monoisotopic (exact) mass is 369 g/mol. The highest BCUT2D eigenvalue weighted by Gasteiger charge is 2.50. The van der Waals surface area contributed by atoms with Gasteiger partial charge in [0.1, 0.15) is 17.9 Å². The number of carbonyl (C=O) groups excluding carboxylic acids is 3. The summed E-state index contributed by atoms with van der Waals surface area (Å²) in [5, 5.41) is 5.22. The van der Waals surface area contributed by atoms with Crippen molar-refractivity contribution in [3.8, 4) is 0 Å². The van der Waals surface area contributed by atoms with Crippen LogP contribution < -0.4 is 10.6 Å². The van der Waals surface area contributed by atoms with E-state index in [4.69, 9.17) is 0 Å². The fourth-order valence-corrected chi connectivity index (χ4v) is 3.17. The standard InChI is InChI=1S/C20H20FN3O3/c1-3-13-8-4-7-11-16(13)22-17(25)12-24-18(26)20(2,23-19(24)27)14-9-5-6-10-15(14)21/h4-11H,3,12H2,1-2H3,(H,22,25)(H,23,27)/t20-/m0/s1. The minimum Gasteiger partial charge on any atom is -0.324 e. The molecule has 2 N–H and O–H groups in total. The molecule has 0 bridgehead atoms. The first-order valence-electron chi connectivity index (χ1n) is 8.63. The van der Waals surface area contributed by atoms with E-state index in [2.05, 4.69) is 10.6 Å². The molecule has 1 aliphatic heterocycles. The molecule has 6 nitrogen and oxygen atoms in total. The number of urea groups is 1. The topological polar surface area (TPSA) is 78.5 Å². The third-order valence-electron chi connectivity index (χ3n) is 4.66. The van der Waals surface area contributed by atoms with Crippen LogP contribution in [0.25, 0.3) is 0 Å². The molecule has 7 heteroatoms. The van der Waals surface area contributed by atoms with Crippen LogP contribution in [-0.2, 0) is 21.5 Å². The molecule has 0 spiro atoms. The van der Waals surface area contributed by atoms with Crippen molar-refractivity contribution in [2.24, 2.45) is 0 Å². The second-order valence-electron chi connectivity index (χ2n) is 6.49. The summed E-state index contributed by atoms with van der Waals surface area (Å²) in [4.78, 5) is 38.3. The molecule has 4 amide bonds. The number of hydrogen-bond donors (Lipinski definition) is 2. The van der Waals surface area contributed by atoms with Crippen molar-refractivity contribution in [3.63, 3.8) is 0 Å². The highest BCUT2D eigenvalue weighted by Crippen LogP contribution is 2.30. The molecule has 1 fully saturated rings. The Morgan fingerprint density at radius 3 is 2.52 bits per heavy atom. The van der Waals surface area contributed by atoms with E-state index in [0.29, 0.717) is 5.69 Å². The summed E-state index contributed by atoms with van der Waals surface area (Å²) in [6, 6.07) is 12.3. The fraction of sp³-hybridized carbons (Fsp3) is 0.250. The van der Waals surface area contributed by atoms with Crippen LogP contribution in [-0.4, -0.2) is 29.3 Å². The van der Waals surface area contributed by atoms with Gasteiger partial charge < -0.3 is 10.6 Å². The second kappa shape index (κ2) is 7.19. The minimum atomic E-state index is -1.55. The number of para-hydroxylation sites is 1. The SMILES string of the molecule is CCc1ccccc1NC(=O)CN1C(=O)N[C@@](C)(c2ccccc2F)C1=O. The minimum absolute atomic E-state index is 0.0580. The van der Waals surface area contributed by atoms with Gasteiger partial charge in [-0.2, -0.15) is 0 Å². The summed E-state index contributed by atoms with van der Waals surface area (Å²) in [5.41, 5.74) is 0.0834. The van der Waals surface area contributed by atoms with Crippen LogP contribution >= 0.6 is 0 Å². The molecule has 27 heavy (non-hydrogen) atoms. The Kier molecular flexibility index (Phi) is 4.94. The maximum atomic E-state index is 14.1. The van der Waals surface area contributed by atoms with Gasteiger partial charge in [-0.1, -0.05) is 43.3 Å². The summed E-state index contributed by atoms with van der Waals surface area (Å²) in [6.45, 7) is 2.94. The van der Waals surface area contributed by atoms with Crippen LogP contribution in [0.2, 0.25) is 0 Å². The lowest BCUT2D eigenvalue weighted by Crippen LogP contribution is -2.42. The number of rotatable bonds is 5. The fourth-order valence-electron chi connectivity index (χ4n) is 3.17. The molecular formula is C20H20FN3O3. The van der Waals surface area contributed by atoms with Crippen LogP contribution in [0.1, 0.15) is 25.0 Å². The van der Waals surface area contributed by atoms with Crippen molar-refractivity contribution in [2.75, 3.05) is 11.9 Å². The zero-order valence-electron chi connectivity index (χ0n) is 15.1. The number of aryl methyl sites for hydroxylation is 1. The smallest absolute Gasteiger partial charge is 0.324 e. The summed E-state index contributed by atoms with van der Waals surface area (Å²) in [6.07, 6.45) is 0.727. The largest absolute Gasteiger partial charge is 0.325 e. The van der Waals surface area contributed by atoms with E-state index in [9.17, 15) is 18.8 Å². The molecule has 0 aromatic heterocycles. The first-order valence-corrected chi connectivity index (χ1v) is 8.63. The number of carbonyl (C=O) groups is 3. The Hall–Kier alpha value is -3.22. The molecule has 1 saturated heterocycles. The molecule has 0 unspecified atom stereocenters. The molecular weight excluding hydrogens is 349 g/mol. The van der Waals surface area contributed by atoms with Gasteiger partial charge in [0.25, 0.3) is 5.91 Å². The van der Waals surface area contributed by atoms with Gasteiger partial charge in [-0.05, 0) is 31.0 Å². The van der Waals surface area contributed by atoms with Crippen molar-refractivity contribution in [2.45, 2.75) is 25.8 Å². The van der Waals surface area contributed by atoms with Crippen molar-refractivity contribution in [3.05, 3.63) is 65.5 Å². The highest BCUT2D eigenvalue weighted by molar-refractivity contribution is 6.10. The molecule has 0 aliphatic carbocycles. The van der Waals surface area contributed by atoms with E-state index in [1.54, 1.807) is 18.2 Å². The predicted molar refractivity (Wildman–Crippen MR) is 98.4 cm³/mol. The Labute approximate surface area is 156 Å². The van der Waals surface area contributed by atoms with Crippen LogP contribution in [0.5, 0.6) is 0 Å². The predicted octanol–water partition coefficient (Wildman–Crippen LogP) is 2.79. The Morgan fingerprint density at radius 1 is 1.15 bits per heavy atom. The molecule has 1 heterocycles. The number of benzene rings is 2. The van der Waals surface area contributed by atoms with Gasteiger partial charge in [0.2, 0.25) is 5.91 Å². The zero-order chi connectivity index (χ0) is 19.6. The second-order valence-corrected chi connectivity index (χ2v) is 6.49. The number of hydrogen-bond acceptors (Lipinski definition) is 3. The average Bonchev–Trinajstić information content (AvgIpc) is 2.86. The molecule has 0 radical (unpaired) electrons. The van der Waals surface area contributed by atoms with E-state index >= 15 is 0 Å². The van der Waals surface area contributed by atoms with Crippen LogP contribution in [0.3, 0.4) is 0 Å². The number of anilines is 1. The molecule has 1 aliphatic rings. The van der Waals surface area contributed by atoms with Gasteiger partial charge in [-0.25, -0.2) is 9.18 Å². The Bertz CT molecular complexity index is 915. The molecule has 1 atom stereocenters. The van der Waals surface area contributed by atoms with Gasteiger partial charge in [-0.3, -0.25) is 14.5 Å². The van der Waals surface area contributed by atoms with Crippen LogP contribution in [0.15, 0.2) is 48.5 Å². The van der Waals surface area contributed by atoms with E-state index in [-0.39, 0.29) is 5.56 Å². The van der Waals surface area contributed by atoms with Gasteiger partial charge in [0, 0.05) is 11.3 Å². The van der Waals surface area contributed by atoms with Gasteiger partial charge in [0.15, 0.2) is 0 Å². The Balaban J connectivity index is 1.78. The first kappa shape index (κ1) is 18.6. The summed E-state index contributed by atoms with van der Waals surface area (Å²) in [5.74, 6) is -1.77. The van der Waals surface area contributed by atoms with Crippen LogP contribution in [0.4, 0.5) is 14.9 Å². The third kappa shape index (κ3) is 3.40. The third-order valence-corrected chi connectivity index (χ3v) is 4.66. The quantitative estimate of drug-likeness (QED) is 0.796. The number of nitrogens with zero attached hydrogens (tertiary/aromatic N) is 1. The molecule has 2 aromatic carbocycles. The van der Waals surface area contributed by atoms with E-state index in [1.165, 1.54) is 25.1 Å². The maximum Gasteiger partial charge on any atom is 0.325 e. The average molecular weight is 369 g/mol. The number of amides is 4. The van der Waals surface area contributed by atoms with Crippen molar-refractivity contribution in [1.29, 1.82) is 0 Å². The molecule has 3 rings (SSSR count). The normalized spacial score (nSPS) is 19.1. The van der Waals surface area contributed by atoms with Crippen molar-refractivity contribution < 1.29 is 18.8 Å². The van der Waals surface area contributed by atoms with E-state index in [0.717, 1.165) is 16.9 Å². The first-order chi connectivity index (χ1) is 12.9. The number of imide groups is 1. The summed E-state index contributed by atoms with van der Waals surface area (Å²) >= 11 is 0. The molecule has 140 valence electrons. The van der Waals surface area contributed by atoms with Gasteiger partial charge >= 0.3 is 6.03 Å². The zero-order valence-corrected chi connectivity index (χ0v) is 15.1. The van der Waals surface area contributed by atoms with E-state index in [1.807, 2.05) is 19.1 Å². The number of halogens is 1. The summed E-state index contributed by atoms with van der Waals surface area (Å²) < 4.78 is 14.1. The Morgan fingerprint density at radius 2 is 1.81 bits per heavy atom. The summed E-state index contributed by atoms with van der Waals surface area (Å²) in [7, 11) is 0. The molecule has 0 saturated carbocycles. The van der Waals surface area contributed by atoms with E-state index < -0.39 is 35.7 Å².